The van der Waals surface area contributed by atoms with Gasteiger partial charge in [0.15, 0.2) is 22.1 Å². The smallest absolute Gasteiger partial charge is 0.175 e. The van der Waals surface area contributed by atoms with Crippen LogP contribution in [0.5, 0.6) is 5.75 Å². The van der Waals surface area contributed by atoms with Crippen LogP contribution in [0.25, 0.3) is 11.2 Å². The molecule has 0 radical (unpaired) electrons. The molecule has 1 aromatic carbocycles. The zero-order chi connectivity index (χ0) is 22.3. The van der Waals surface area contributed by atoms with Crippen LogP contribution in [0.3, 0.4) is 0 Å². The number of halogens is 1. The maximum absolute atomic E-state index is 6.12. The lowest BCUT2D eigenvalue weighted by molar-refractivity contribution is 0.384. The zero-order valence-electron chi connectivity index (χ0n) is 18.5. The SMILES string of the molecule is COc1ccc(I)c(Sc2nc3c(N)ncnc3n2CCCNC2CCCCCCC2)c1. The molecule has 0 spiro atoms. The summed E-state index contributed by atoms with van der Waals surface area (Å²) in [6, 6.07) is 6.72. The van der Waals surface area contributed by atoms with Crippen molar-refractivity contribution in [1.29, 1.82) is 0 Å². The van der Waals surface area contributed by atoms with Gasteiger partial charge in [-0.2, -0.15) is 0 Å². The maximum Gasteiger partial charge on any atom is 0.175 e. The minimum absolute atomic E-state index is 0.420. The molecule has 1 aliphatic carbocycles. The summed E-state index contributed by atoms with van der Waals surface area (Å²) in [4.78, 5) is 14.5. The molecule has 7 nitrogen and oxygen atoms in total. The summed E-state index contributed by atoms with van der Waals surface area (Å²) in [6.07, 6.45) is 12.0. The third-order valence-corrected chi connectivity index (χ3v) is 8.32. The van der Waals surface area contributed by atoms with E-state index in [-0.39, 0.29) is 0 Å². The van der Waals surface area contributed by atoms with Gasteiger partial charge in [0.1, 0.15) is 12.1 Å². The van der Waals surface area contributed by atoms with Crippen molar-refractivity contribution in [3.8, 4) is 5.75 Å². The van der Waals surface area contributed by atoms with E-state index in [0.29, 0.717) is 17.4 Å². The third-order valence-electron chi connectivity index (χ3n) is 5.96. The molecule has 0 amide bonds. The van der Waals surface area contributed by atoms with Crippen LogP contribution in [0.1, 0.15) is 51.4 Å². The number of nitrogens with two attached hydrogens (primary N) is 1. The molecule has 0 atom stereocenters. The van der Waals surface area contributed by atoms with Crippen molar-refractivity contribution in [2.45, 2.75) is 74.0 Å². The highest BCUT2D eigenvalue weighted by atomic mass is 127. The predicted octanol–water partition coefficient (Wildman–Crippen LogP) is 5.27. The highest BCUT2D eigenvalue weighted by Crippen LogP contribution is 2.35. The summed E-state index contributed by atoms with van der Waals surface area (Å²) >= 11 is 3.96. The van der Waals surface area contributed by atoms with Gasteiger partial charge in [0.25, 0.3) is 0 Å². The van der Waals surface area contributed by atoms with Crippen molar-refractivity contribution in [1.82, 2.24) is 24.8 Å². The molecule has 3 N–H and O–H groups in total. The van der Waals surface area contributed by atoms with Crippen molar-refractivity contribution < 1.29 is 4.74 Å². The van der Waals surface area contributed by atoms with E-state index >= 15 is 0 Å². The molecule has 172 valence electrons. The number of nitrogen functional groups attached to an aromatic ring is 1. The molecule has 1 saturated carbocycles. The highest BCUT2D eigenvalue weighted by molar-refractivity contribution is 14.1. The number of rotatable bonds is 8. The monoisotopic (exact) mass is 566 g/mol. The van der Waals surface area contributed by atoms with E-state index < -0.39 is 0 Å². The van der Waals surface area contributed by atoms with E-state index in [0.717, 1.165) is 44.5 Å². The number of ether oxygens (including phenoxy) is 1. The molecule has 32 heavy (non-hydrogen) atoms. The molecule has 3 aromatic rings. The Kier molecular flexibility index (Phi) is 8.48. The van der Waals surface area contributed by atoms with Crippen molar-refractivity contribution in [3.63, 3.8) is 0 Å². The van der Waals surface area contributed by atoms with Gasteiger partial charge in [0.2, 0.25) is 0 Å². The minimum atomic E-state index is 0.420. The number of imidazole rings is 1. The zero-order valence-corrected chi connectivity index (χ0v) is 21.5. The Balaban J connectivity index is 1.49. The van der Waals surface area contributed by atoms with Gasteiger partial charge in [-0.25, -0.2) is 15.0 Å². The van der Waals surface area contributed by atoms with Gasteiger partial charge in [0, 0.05) is 21.1 Å². The molecular weight excluding hydrogens is 535 g/mol. The molecule has 4 rings (SSSR count). The Morgan fingerprint density at radius 1 is 1.19 bits per heavy atom. The van der Waals surface area contributed by atoms with Crippen LogP contribution in [0.15, 0.2) is 34.6 Å². The van der Waals surface area contributed by atoms with Gasteiger partial charge < -0.3 is 20.4 Å². The van der Waals surface area contributed by atoms with E-state index in [9.17, 15) is 0 Å². The largest absolute Gasteiger partial charge is 0.497 e. The van der Waals surface area contributed by atoms with Crippen LogP contribution in [0, 0.1) is 3.57 Å². The standard InChI is InChI=1S/C23H31IN6OS/c1-31-17-10-11-18(24)19(14-17)32-23-29-20-21(25)27-15-28-22(20)30(23)13-7-12-26-16-8-5-3-2-4-6-9-16/h10-11,14-16,26H,2-9,12-13H2,1H3,(H2,25,27,28). The fourth-order valence-electron chi connectivity index (χ4n) is 4.20. The third kappa shape index (κ3) is 5.85. The van der Waals surface area contributed by atoms with Crippen LogP contribution in [-0.2, 0) is 6.54 Å². The molecule has 1 aliphatic rings. The van der Waals surface area contributed by atoms with E-state index in [1.54, 1.807) is 18.9 Å². The van der Waals surface area contributed by atoms with E-state index in [4.69, 9.17) is 15.5 Å². The van der Waals surface area contributed by atoms with Crippen LogP contribution in [0.4, 0.5) is 5.82 Å². The molecule has 9 heteroatoms. The number of hydrogen-bond acceptors (Lipinski definition) is 7. The Hall–Kier alpha value is -1.59. The van der Waals surface area contributed by atoms with Gasteiger partial charge in [-0.1, -0.05) is 43.9 Å². The van der Waals surface area contributed by atoms with Crippen molar-refractivity contribution in [2.75, 3.05) is 19.4 Å². The van der Waals surface area contributed by atoms with Crippen molar-refractivity contribution in [2.24, 2.45) is 0 Å². The lowest BCUT2D eigenvalue weighted by atomic mass is 9.97. The molecule has 0 aliphatic heterocycles. The van der Waals surface area contributed by atoms with Crippen LogP contribution < -0.4 is 15.8 Å². The second-order valence-electron chi connectivity index (χ2n) is 8.23. The predicted molar refractivity (Wildman–Crippen MR) is 138 cm³/mol. The summed E-state index contributed by atoms with van der Waals surface area (Å²) in [5.41, 5.74) is 7.58. The quantitative estimate of drug-likeness (QED) is 0.284. The maximum atomic E-state index is 6.12. The van der Waals surface area contributed by atoms with Crippen LogP contribution in [-0.4, -0.2) is 39.2 Å². The molecule has 1 fully saturated rings. The molecule has 0 saturated heterocycles. The summed E-state index contributed by atoms with van der Waals surface area (Å²) in [5.74, 6) is 1.25. The number of aromatic nitrogens is 4. The van der Waals surface area contributed by atoms with Crippen LogP contribution >= 0.6 is 34.4 Å². The lowest BCUT2D eigenvalue weighted by Crippen LogP contribution is -2.31. The number of nitrogens with zero attached hydrogens (tertiary/aromatic N) is 4. The number of nitrogens with one attached hydrogen (secondary N) is 1. The number of aryl methyl sites for hydroxylation is 1. The Morgan fingerprint density at radius 2 is 1.97 bits per heavy atom. The van der Waals surface area contributed by atoms with E-state index in [2.05, 4.69) is 48.5 Å². The first-order valence-electron chi connectivity index (χ1n) is 11.4. The lowest BCUT2D eigenvalue weighted by Gasteiger charge is -2.21. The van der Waals surface area contributed by atoms with Crippen molar-refractivity contribution >= 4 is 51.3 Å². The summed E-state index contributed by atoms with van der Waals surface area (Å²) in [7, 11) is 1.69. The fraction of sp³-hybridized carbons (Fsp3) is 0.522. The van der Waals surface area contributed by atoms with Gasteiger partial charge in [-0.05, 0) is 66.6 Å². The molecular formula is C23H31IN6OS. The average molecular weight is 567 g/mol. The van der Waals surface area contributed by atoms with Crippen molar-refractivity contribution in [3.05, 3.63) is 28.1 Å². The first kappa shape index (κ1) is 23.6. The normalized spacial score (nSPS) is 15.6. The molecule has 2 aromatic heterocycles. The van der Waals surface area contributed by atoms with Gasteiger partial charge in [-0.3, -0.25) is 0 Å². The Morgan fingerprint density at radius 3 is 2.75 bits per heavy atom. The topological polar surface area (TPSA) is 90.9 Å². The minimum Gasteiger partial charge on any atom is -0.497 e. The number of methoxy groups -OCH3 is 1. The highest BCUT2D eigenvalue weighted by Gasteiger charge is 2.17. The van der Waals surface area contributed by atoms with Gasteiger partial charge >= 0.3 is 0 Å². The second-order valence-corrected chi connectivity index (χ2v) is 10.4. The van der Waals surface area contributed by atoms with Crippen LogP contribution in [0.2, 0.25) is 0 Å². The summed E-state index contributed by atoms with van der Waals surface area (Å²) in [5, 5.41) is 4.67. The first-order valence-corrected chi connectivity index (χ1v) is 13.3. The van der Waals surface area contributed by atoms with E-state index in [1.165, 1.54) is 51.3 Å². The Bertz CT molecular complexity index is 1030. The second kappa shape index (κ2) is 11.5. The number of fused-ring (bicyclic) bond motifs is 1. The average Bonchev–Trinajstić information content (AvgIpc) is 3.12. The number of benzene rings is 1. The molecule has 2 heterocycles. The fourth-order valence-corrected chi connectivity index (χ4v) is 5.83. The number of anilines is 1. The molecule has 0 bridgehead atoms. The summed E-state index contributed by atoms with van der Waals surface area (Å²) < 4.78 is 8.74. The first-order chi connectivity index (χ1) is 15.7. The van der Waals surface area contributed by atoms with E-state index in [1.807, 2.05) is 12.1 Å². The van der Waals surface area contributed by atoms with Gasteiger partial charge in [-0.15, -0.1) is 0 Å². The molecule has 0 unspecified atom stereocenters. The Labute approximate surface area is 207 Å². The summed E-state index contributed by atoms with van der Waals surface area (Å²) in [6.45, 7) is 1.82. The number of hydrogen-bond donors (Lipinski definition) is 2. The van der Waals surface area contributed by atoms with Gasteiger partial charge in [0.05, 0.1) is 7.11 Å².